The summed E-state index contributed by atoms with van der Waals surface area (Å²) in [6.07, 6.45) is 2.83. The van der Waals surface area contributed by atoms with Gasteiger partial charge in [-0.15, -0.1) is 0 Å². The molecule has 5 rings (SSSR count). The van der Waals surface area contributed by atoms with E-state index in [1.54, 1.807) is 6.26 Å². The third-order valence-electron chi connectivity index (χ3n) is 5.36. The highest BCUT2D eigenvalue weighted by molar-refractivity contribution is 6.00. The van der Waals surface area contributed by atoms with Crippen LogP contribution in [0.1, 0.15) is 47.5 Å². The number of aromatic nitrogens is 3. The number of allylic oxidation sites excluding steroid dienone is 2. The Bertz CT molecular complexity index is 1040. The first-order chi connectivity index (χ1) is 13.1. The number of carbonyl (C=O) groups excluding carboxylic acids is 1. The number of rotatable bonds is 2. The van der Waals surface area contributed by atoms with Gasteiger partial charge in [0.2, 0.25) is 5.95 Å². The van der Waals surface area contributed by atoms with Crippen molar-refractivity contribution in [1.82, 2.24) is 14.8 Å². The molecule has 0 amide bonds. The van der Waals surface area contributed by atoms with Crippen molar-refractivity contribution in [1.29, 1.82) is 0 Å². The van der Waals surface area contributed by atoms with Crippen molar-refractivity contribution in [3.63, 3.8) is 0 Å². The number of hydrogen-bond donors (Lipinski definition) is 1. The maximum Gasteiger partial charge on any atom is 0.226 e. The molecule has 3 heterocycles. The highest BCUT2D eigenvalue weighted by Crippen LogP contribution is 2.44. The molecule has 1 N–H and O–H groups in total. The van der Waals surface area contributed by atoms with Crippen LogP contribution in [0.25, 0.3) is 0 Å². The monoisotopic (exact) mass is 360 g/mol. The van der Waals surface area contributed by atoms with E-state index in [4.69, 9.17) is 4.42 Å². The van der Waals surface area contributed by atoms with E-state index in [0.717, 1.165) is 29.0 Å². The second-order valence-corrected chi connectivity index (χ2v) is 7.30. The van der Waals surface area contributed by atoms with Crippen molar-refractivity contribution in [3.05, 3.63) is 76.6 Å². The van der Waals surface area contributed by atoms with Crippen LogP contribution < -0.4 is 5.32 Å². The van der Waals surface area contributed by atoms with Gasteiger partial charge in [0.05, 0.1) is 6.26 Å². The zero-order valence-electron chi connectivity index (χ0n) is 15.3. The number of Topliss-reactive ketones (excluding diaryl/α,β-unsaturated/α-hetero) is 1. The van der Waals surface area contributed by atoms with Gasteiger partial charge >= 0.3 is 0 Å². The smallest absolute Gasteiger partial charge is 0.226 e. The fourth-order valence-electron chi connectivity index (χ4n) is 4.10. The zero-order chi connectivity index (χ0) is 18.5. The third-order valence-corrected chi connectivity index (χ3v) is 5.36. The summed E-state index contributed by atoms with van der Waals surface area (Å²) in [5.74, 6) is 2.41. The number of furan rings is 1. The molecule has 1 aliphatic carbocycles. The Morgan fingerprint density at radius 1 is 1.15 bits per heavy atom. The van der Waals surface area contributed by atoms with Crippen molar-refractivity contribution < 1.29 is 9.21 Å². The van der Waals surface area contributed by atoms with Crippen LogP contribution in [0.2, 0.25) is 0 Å². The standard InChI is InChI=1S/C21H20N4O2/c1-12-5-7-14(8-6-12)20-19-16(23-21-22-13(2)24-25(20)21)10-15(11-17(19)26)18-4-3-9-27-18/h3-9,15,20H,10-11H2,1-2H3,(H,22,23,24)/t15-,20+/m0/s1. The quantitative estimate of drug-likeness (QED) is 0.750. The van der Waals surface area contributed by atoms with Gasteiger partial charge in [0.15, 0.2) is 5.78 Å². The average Bonchev–Trinajstić information content (AvgIpc) is 3.29. The number of anilines is 1. The second kappa shape index (κ2) is 5.94. The molecule has 0 fully saturated rings. The first kappa shape index (κ1) is 16.1. The molecule has 6 heteroatoms. The number of hydrogen-bond acceptors (Lipinski definition) is 5. The van der Waals surface area contributed by atoms with Crippen LogP contribution in [0.5, 0.6) is 0 Å². The molecule has 27 heavy (non-hydrogen) atoms. The average molecular weight is 360 g/mol. The van der Waals surface area contributed by atoms with Gasteiger partial charge in [-0.3, -0.25) is 4.79 Å². The Labute approximate surface area is 156 Å². The predicted octanol–water partition coefficient (Wildman–Crippen LogP) is 3.90. The van der Waals surface area contributed by atoms with E-state index in [1.807, 2.05) is 23.7 Å². The summed E-state index contributed by atoms with van der Waals surface area (Å²) in [6, 6.07) is 11.8. The molecule has 0 unspecified atom stereocenters. The molecule has 1 aliphatic heterocycles. The lowest BCUT2D eigenvalue weighted by molar-refractivity contribution is -0.117. The summed E-state index contributed by atoms with van der Waals surface area (Å²) in [5.41, 5.74) is 3.95. The van der Waals surface area contributed by atoms with Gasteiger partial charge in [-0.1, -0.05) is 29.8 Å². The maximum absolute atomic E-state index is 13.2. The number of nitrogens with one attached hydrogen (secondary N) is 1. The van der Waals surface area contributed by atoms with Crippen molar-refractivity contribution in [2.75, 3.05) is 5.32 Å². The van der Waals surface area contributed by atoms with Crippen molar-refractivity contribution >= 4 is 11.7 Å². The van der Waals surface area contributed by atoms with Gasteiger partial charge in [-0.25, -0.2) is 4.68 Å². The molecular weight excluding hydrogens is 340 g/mol. The Hall–Kier alpha value is -3.15. The minimum atomic E-state index is -0.247. The van der Waals surface area contributed by atoms with E-state index >= 15 is 0 Å². The summed E-state index contributed by atoms with van der Waals surface area (Å²) in [6.45, 7) is 3.92. The van der Waals surface area contributed by atoms with Crippen LogP contribution in [0, 0.1) is 13.8 Å². The molecule has 3 aromatic rings. The molecule has 1 aromatic carbocycles. The summed E-state index contributed by atoms with van der Waals surface area (Å²) < 4.78 is 7.40. The van der Waals surface area contributed by atoms with Crippen LogP contribution in [-0.2, 0) is 4.79 Å². The summed E-state index contributed by atoms with van der Waals surface area (Å²) in [4.78, 5) is 17.7. The topological polar surface area (TPSA) is 73.0 Å². The van der Waals surface area contributed by atoms with Crippen LogP contribution in [0.3, 0.4) is 0 Å². The number of fused-ring (bicyclic) bond motifs is 1. The Morgan fingerprint density at radius 2 is 1.96 bits per heavy atom. The minimum Gasteiger partial charge on any atom is -0.469 e. The van der Waals surface area contributed by atoms with Crippen molar-refractivity contribution in [2.24, 2.45) is 0 Å². The lowest BCUT2D eigenvalue weighted by Gasteiger charge is -2.34. The number of benzene rings is 1. The Balaban J connectivity index is 1.63. The third kappa shape index (κ3) is 2.60. The van der Waals surface area contributed by atoms with Gasteiger partial charge in [-0.2, -0.15) is 10.1 Å². The molecule has 6 nitrogen and oxygen atoms in total. The Morgan fingerprint density at radius 3 is 2.70 bits per heavy atom. The summed E-state index contributed by atoms with van der Waals surface area (Å²) in [5, 5.41) is 7.92. The predicted molar refractivity (Wildman–Crippen MR) is 100 cm³/mol. The fourth-order valence-corrected chi connectivity index (χ4v) is 4.10. The maximum atomic E-state index is 13.2. The first-order valence-corrected chi connectivity index (χ1v) is 9.16. The largest absolute Gasteiger partial charge is 0.469 e. The van der Waals surface area contributed by atoms with Gasteiger partial charge in [-0.05, 0) is 38.0 Å². The molecular formula is C21H20N4O2. The van der Waals surface area contributed by atoms with Crippen LogP contribution in [-0.4, -0.2) is 20.5 Å². The van der Waals surface area contributed by atoms with Crippen LogP contribution in [0.15, 0.2) is 58.3 Å². The Kier molecular flexibility index (Phi) is 3.53. The molecule has 0 radical (unpaired) electrons. The van der Waals surface area contributed by atoms with Gasteiger partial charge in [0.1, 0.15) is 17.6 Å². The van der Waals surface area contributed by atoms with Gasteiger partial charge < -0.3 is 9.73 Å². The van der Waals surface area contributed by atoms with E-state index in [0.29, 0.717) is 18.2 Å². The fraction of sp³-hybridized carbons (Fsp3) is 0.286. The van der Waals surface area contributed by atoms with E-state index in [2.05, 4.69) is 46.6 Å². The number of carbonyl (C=O) groups is 1. The van der Waals surface area contributed by atoms with E-state index in [-0.39, 0.29) is 17.7 Å². The lowest BCUT2D eigenvalue weighted by Crippen LogP contribution is -2.33. The second-order valence-electron chi connectivity index (χ2n) is 7.30. The van der Waals surface area contributed by atoms with Crippen molar-refractivity contribution in [3.8, 4) is 0 Å². The molecule has 2 atom stereocenters. The molecule has 0 bridgehead atoms. The molecule has 0 spiro atoms. The van der Waals surface area contributed by atoms with Gasteiger partial charge in [0, 0.05) is 23.6 Å². The lowest BCUT2D eigenvalue weighted by atomic mass is 9.79. The molecule has 136 valence electrons. The zero-order valence-corrected chi connectivity index (χ0v) is 15.3. The first-order valence-electron chi connectivity index (χ1n) is 9.16. The summed E-state index contributed by atoms with van der Waals surface area (Å²) >= 11 is 0. The number of ketones is 1. The molecule has 0 saturated heterocycles. The van der Waals surface area contributed by atoms with E-state index in [1.165, 1.54) is 5.56 Å². The highest BCUT2D eigenvalue weighted by Gasteiger charge is 2.40. The molecule has 2 aromatic heterocycles. The van der Waals surface area contributed by atoms with Crippen LogP contribution >= 0.6 is 0 Å². The number of aryl methyl sites for hydroxylation is 2. The van der Waals surface area contributed by atoms with Gasteiger partial charge in [0.25, 0.3) is 0 Å². The van der Waals surface area contributed by atoms with Crippen LogP contribution in [0.4, 0.5) is 5.95 Å². The normalized spacial score (nSPS) is 21.6. The number of nitrogens with zero attached hydrogens (tertiary/aromatic N) is 3. The highest BCUT2D eigenvalue weighted by atomic mass is 16.3. The SMILES string of the molecule is Cc1ccc([C@@H]2C3=C(C[C@H](c4ccco4)CC3=O)Nc3nc(C)nn32)cc1. The van der Waals surface area contributed by atoms with E-state index in [9.17, 15) is 4.79 Å². The molecule has 2 aliphatic rings. The molecule has 0 saturated carbocycles. The van der Waals surface area contributed by atoms with Crippen molar-refractivity contribution in [2.45, 2.75) is 38.6 Å². The minimum absolute atomic E-state index is 0.0491. The summed E-state index contributed by atoms with van der Waals surface area (Å²) in [7, 11) is 0. The van der Waals surface area contributed by atoms with E-state index < -0.39 is 0 Å².